The summed E-state index contributed by atoms with van der Waals surface area (Å²) >= 11 is 0. The first-order chi connectivity index (χ1) is 45.1. The normalized spacial score (nSPS) is 14.4. The third kappa shape index (κ3) is 67.3. The summed E-state index contributed by atoms with van der Waals surface area (Å²) in [6, 6.07) is 0. The summed E-state index contributed by atoms with van der Waals surface area (Å²) in [6.45, 7) is 14.2. The van der Waals surface area contributed by atoms with Crippen molar-refractivity contribution in [3.8, 4) is 0 Å². The average molecular weight is 1380 g/mol. The van der Waals surface area contributed by atoms with Crippen LogP contribution in [0.25, 0.3) is 0 Å². The van der Waals surface area contributed by atoms with Crippen LogP contribution in [-0.4, -0.2) is 96.7 Å². The van der Waals surface area contributed by atoms with Crippen molar-refractivity contribution in [2.75, 3.05) is 39.6 Å². The second-order valence-electron chi connectivity index (χ2n) is 28.7. The van der Waals surface area contributed by atoms with Crippen LogP contribution < -0.4 is 0 Å². The Kier molecular flexibility index (Phi) is 63.1. The molecule has 0 aliphatic carbocycles. The van der Waals surface area contributed by atoms with E-state index in [-0.39, 0.29) is 25.7 Å². The fourth-order valence-corrected chi connectivity index (χ4v) is 12.9. The van der Waals surface area contributed by atoms with Crippen molar-refractivity contribution in [2.45, 2.75) is 395 Å². The molecule has 0 bridgehead atoms. The highest BCUT2D eigenvalue weighted by Gasteiger charge is 2.30. The summed E-state index contributed by atoms with van der Waals surface area (Å²) in [5, 5.41) is 10.6. The standard InChI is InChI=1S/C75H146O17P2/c1-9-68(8)54-46-38-29-23-17-12-10-11-13-18-24-31-41-49-57-75(80)92-71(62-86-73(78)56-48-40-34-33-37-45-53-67(6)7)64-90-94(83,84)88-60-69(76)59-87-93(81,82)89-63-70(61-85-72(77)55-47-39-30-26-20-22-28-36-44-52-66(4)5)91-74(79)58-50-42-32-25-19-15-14-16-21-27-35-43-51-65(2)3/h65-71,76H,9-64H2,1-8H3,(H,81,82)(H,83,84)/t68?,69-,70-,71-/m1/s1. The number of aliphatic hydroxyl groups is 1. The van der Waals surface area contributed by atoms with Crippen LogP contribution in [0.15, 0.2) is 0 Å². The average Bonchev–Trinajstić information content (AvgIpc) is 3.38. The molecule has 0 fully saturated rings. The largest absolute Gasteiger partial charge is 0.472 e. The smallest absolute Gasteiger partial charge is 0.462 e. The molecule has 0 aliphatic heterocycles. The lowest BCUT2D eigenvalue weighted by Gasteiger charge is -2.21. The molecule has 0 aromatic rings. The van der Waals surface area contributed by atoms with Crippen molar-refractivity contribution in [1.82, 2.24) is 0 Å². The molecule has 3 N–H and O–H groups in total. The maximum atomic E-state index is 13.1. The Morgan fingerprint density at radius 3 is 0.755 bits per heavy atom. The van der Waals surface area contributed by atoms with Gasteiger partial charge >= 0.3 is 39.5 Å². The highest BCUT2D eigenvalue weighted by Crippen LogP contribution is 2.45. The van der Waals surface area contributed by atoms with Crippen LogP contribution in [-0.2, 0) is 65.4 Å². The summed E-state index contributed by atoms with van der Waals surface area (Å²) in [5.41, 5.74) is 0. The van der Waals surface area contributed by atoms with Crippen molar-refractivity contribution >= 4 is 39.5 Å². The number of phosphoric ester groups is 2. The Balaban J connectivity index is 5.22. The molecule has 0 heterocycles. The Morgan fingerprint density at radius 1 is 0.298 bits per heavy atom. The van der Waals surface area contributed by atoms with E-state index in [1.54, 1.807) is 0 Å². The maximum Gasteiger partial charge on any atom is 0.472 e. The predicted molar refractivity (Wildman–Crippen MR) is 381 cm³/mol. The quantitative estimate of drug-likeness (QED) is 0.0222. The van der Waals surface area contributed by atoms with E-state index >= 15 is 0 Å². The monoisotopic (exact) mass is 1380 g/mol. The number of aliphatic hydroxyl groups excluding tert-OH is 1. The van der Waals surface area contributed by atoms with Crippen LogP contribution in [0.3, 0.4) is 0 Å². The highest BCUT2D eigenvalue weighted by molar-refractivity contribution is 7.47. The minimum absolute atomic E-state index is 0.106. The van der Waals surface area contributed by atoms with Gasteiger partial charge in [-0.25, -0.2) is 9.13 Å². The van der Waals surface area contributed by atoms with Gasteiger partial charge in [0, 0.05) is 25.7 Å². The van der Waals surface area contributed by atoms with Gasteiger partial charge in [0.2, 0.25) is 0 Å². The number of hydrogen-bond acceptors (Lipinski definition) is 15. The number of carbonyl (C=O) groups excluding carboxylic acids is 4. The van der Waals surface area contributed by atoms with Crippen molar-refractivity contribution in [3.63, 3.8) is 0 Å². The van der Waals surface area contributed by atoms with Crippen LogP contribution in [0.1, 0.15) is 376 Å². The van der Waals surface area contributed by atoms with E-state index in [2.05, 4.69) is 55.4 Å². The summed E-state index contributed by atoms with van der Waals surface area (Å²) in [7, 11) is -9.91. The second-order valence-corrected chi connectivity index (χ2v) is 31.6. The van der Waals surface area contributed by atoms with Crippen molar-refractivity contribution in [1.29, 1.82) is 0 Å². The van der Waals surface area contributed by atoms with E-state index in [9.17, 15) is 43.2 Å². The molecule has 0 spiro atoms. The van der Waals surface area contributed by atoms with E-state index in [1.165, 1.54) is 173 Å². The molecule has 17 nitrogen and oxygen atoms in total. The topological polar surface area (TPSA) is 237 Å². The first kappa shape index (κ1) is 92.1. The summed E-state index contributed by atoms with van der Waals surface area (Å²) in [5.74, 6) is 0.922. The molecule has 0 aromatic heterocycles. The summed E-state index contributed by atoms with van der Waals surface area (Å²) < 4.78 is 68.5. The molecule has 0 amide bonds. The number of esters is 4. The number of hydrogen-bond donors (Lipinski definition) is 3. The van der Waals surface area contributed by atoms with Crippen molar-refractivity contribution in [2.24, 2.45) is 23.7 Å². The molecule has 0 aromatic carbocycles. The number of ether oxygens (including phenoxy) is 4. The van der Waals surface area contributed by atoms with Crippen LogP contribution in [0.5, 0.6) is 0 Å². The molecule has 0 rings (SSSR count). The first-order valence-electron chi connectivity index (χ1n) is 38.7. The molecule has 6 atom stereocenters. The molecule has 3 unspecified atom stereocenters. The zero-order valence-electron chi connectivity index (χ0n) is 61.6. The number of unbranched alkanes of at least 4 members (excludes halogenated alkanes) is 37. The van der Waals surface area contributed by atoms with E-state index in [4.69, 9.17) is 37.0 Å². The number of carbonyl (C=O) groups is 4. The van der Waals surface area contributed by atoms with Gasteiger partial charge in [0.1, 0.15) is 19.3 Å². The van der Waals surface area contributed by atoms with Gasteiger partial charge in [-0.2, -0.15) is 0 Å². The number of phosphoric acid groups is 2. The molecule has 94 heavy (non-hydrogen) atoms. The predicted octanol–water partition coefficient (Wildman–Crippen LogP) is 21.7. The van der Waals surface area contributed by atoms with Gasteiger partial charge in [0.25, 0.3) is 0 Å². The Labute approximate surface area is 575 Å². The van der Waals surface area contributed by atoms with E-state index < -0.39 is 97.5 Å². The zero-order chi connectivity index (χ0) is 69.6. The van der Waals surface area contributed by atoms with E-state index in [1.807, 2.05) is 0 Å². The van der Waals surface area contributed by atoms with Gasteiger partial charge < -0.3 is 33.8 Å². The third-order valence-electron chi connectivity index (χ3n) is 17.7. The van der Waals surface area contributed by atoms with Crippen LogP contribution in [0.2, 0.25) is 0 Å². The lowest BCUT2D eigenvalue weighted by atomic mass is 9.99. The third-order valence-corrected chi connectivity index (χ3v) is 19.6. The summed E-state index contributed by atoms with van der Waals surface area (Å²) in [6.07, 6.45) is 48.7. The Hall–Kier alpha value is -1.94. The van der Waals surface area contributed by atoms with Gasteiger partial charge in [0.15, 0.2) is 12.2 Å². The maximum absolute atomic E-state index is 13.1. The van der Waals surface area contributed by atoms with Crippen LogP contribution >= 0.6 is 15.6 Å². The molecule has 0 saturated carbocycles. The lowest BCUT2D eigenvalue weighted by molar-refractivity contribution is -0.161. The second kappa shape index (κ2) is 64.4. The van der Waals surface area contributed by atoms with Crippen molar-refractivity contribution in [3.05, 3.63) is 0 Å². The number of rotatable bonds is 72. The minimum atomic E-state index is -4.96. The molecule has 0 saturated heterocycles. The van der Waals surface area contributed by atoms with E-state index in [0.717, 1.165) is 114 Å². The molecule has 0 radical (unpaired) electrons. The Bertz CT molecular complexity index is 1850. The van der Waals surface area contributed by atoms with Gasteiger partial charge in [-0.15, -0.1) is 0 Å². The fourth-order valence-electron chi connectivity index (χ4n) is 11.3. The van der Waals surface area contributed by atoms with Crippen LogP contribution in [0, 0.1) is 23.7 Å². The lowest BCUT2D eigenvalue weighted by Crippen LogP contribution is -2.30. The van der Waals surface area contributed by atoms with Gasteiger partial charge in [-0.3, -0.25) is 37.3 Å². The SMILES string of the molecule is CCC(C)CCCCCCCCCCCCCCCCC(=O)O[C@H](COC(=O)CCCCCCCCC(C)C)COP(=O)(O)OC[C@H](O)COP(=O)(O)OC[C@@H](COC(=O)CCCCCCCCCCCC(C)C)OC(=O)CCCCCCCCCCCCCCC(C)C. The first-order valence-corrected chi connectivity index (χ1v) is 41.7. The zero-order valence-corrected chi connectivity index (χ0v) is 63.4. The molecule has 558 valence electrons. The van der Waals surface area contributed by atoms with E-state index in [0.29, 0.717) is 31.6 Å². The fraction of sp³-hybridized carbons (Fsp3) is 0.947. The minimum Gasteiger partial charge on any atom is -0.462 e. The van der Waals surface area contributed by atoms with Gasteiger partial charge in [-0.05, 0) is 49.4 Å². The molecule has 19 heteroatoms. The Morgan fingerprint density at radius 2 is 0.511 bits per heavy atom. The summed E-state index contributed by atoms with van der Waals surface area (Å²) in [4.78, 5) is 72.7. The molecule has 0 aliphatic rings. The van der Waals surface area contributed by atoms with Gasteiger partial charge in [-0.1, -0.05) is 325 Å². The molecular weight excluding hydrogens is 1230 g/mol. The highest BCUT2D eigenvalue weighted by atomic mass is 31.2. The van der Waals surface area contributed by atoms with Crippen LogP contribution in [0.4, 0.5) is 0 Å². The van der Waals surface area contributed by atoms with Crippen molar-refractivity contribution < 1.29 is 80.2 Å². The van der Waals surface area contributed by atoms with Gasteiger partial charge in [0.05, 0.1) is 26.4 Å². The molecular formula is C75H146O17P2.